The number of hydrogen-bond donors (Lipinski definition) is 1. The molecule has 0 radical (unpaired) electrons. The highest BCUT2D eigenvalue weighted by molar-refractivity contribution is 8.00. The predicted molar refractivity (Wildman–Crippen MR) is 131 cm³/mol. The van der Waals surface area contributed by atoms with Crippen LogP contribution in [0.1, 0.15) is 104 Å². The van der Waals surface area contributed by atoms with Gasteiger partial charge >= 0.3 is 0 Å². The molecule has 1 aromatic heterocycles. The molecule has 166 valence electrons. The van der Waals surface area contributed by atoms with Gasteiger partial charge in [0.25, 0.3) is 0 Å². The second-order valence-corrected chi connectivity index (χ2v) is 10.2. The number of aromatic nitrogens is 1. The number of carbonyl (C=O) groups excluding carboxylic acids is 1. The molecule has 0 fully saturated rings. The SMILES string of the molecule is CCCCCCCCCCCCCC(=O)Nc1c(SCC)cc(C)nc1SCC. The number of anilines is 1. The number of aryl methyl sites for hydroxylation is 1. The molecule has 1 amide bonds. The third-order valence-corrected chi connectivity index (χ3v) is 6.71. The number of hydrogen-bond acceptors (Lipinski definition) is 4. The normalized spacial score (nSPS) is 11.0. The maximum Gasteiger partial charge on any atom is 0.224 e. The van der Waals surface area contributed by atoms with E-state index in [0.717, 1.165) is 45.7 Å². The second kappa shape index (κ2) is 17.0. The molecule has 1 aromatic rings. The van der Waals surface area contributed by atoms with Gasteiger partial charge < -0.3 is 5.32 Å². The predicted octanol–water partition coefficient (Wildman–Crippen LogP) is 8.25. The second-order valence-electron chi connectivity index (χ2n) is 7.64. The summed E-state index contributed by atoms with van der Waals surface area (Å²) >= 11 is 3.48. The maximum absolute atomic E-state index is 12.5. The molecule has 0 unspecified atom stereocenters. The molecule has 29 heavy (non-hydrogen) atoms. The van der Waals surface area contributed by atoms with E-state index in [4.69, 9.17) is 0 Å². The van der Waals surface area contributed by atoms with E-state index in [1.54, 1.807) is 23.5 Å². The Labute approximate surface area is 188 Å². The van der Waals surface area contributed by atoms with Crippen LogP contribution in [0.2, 0.25) is 0 Å². The van der Waals surface area contributed by atoms with Crippen molar-refractivity contribution in [1.82, 2.24) is 4.98 Å². The smallest absolute Gasteiger partial charge is 0.224 e. The Morgan fingerprint density at radius 2 is 1.41 bits per heavy atom. The molecule has 0 atom stereocenters. The van der Waals surface area contributed by atoms with Gasteiger partial charge in [0.2, 0.25) is 5.91 Å². The first-order valence-electron chi connectivity index (χ1n) is 11.7. The number of carbonyl (C=O) groups is 1. The van der Waals surface area contributed by atoms with E-state index in [9.17, 15) is 4.79 Å². The van der Waals surface area contributed by atoms with Crippen molar-refractivity contribution in [3.8, 4) is 0 Å². The first kappa shape index (κ1) is 26.4. The van der Waals surface area contributed by atoms with Crippen LogP contribution in [0.15, 0.2) is 16.0 Å². The van der Waals surface area contributed by atoms with Gasteiger partial charge in [0, 0.05) is 17.0 Å². The summed E-state index contributed by atoms with van der Waals surface area (Å²) in [5.74, 6) is 2.07. The fourth-order valence-electron chi connectivity index (χ4n) is 3.39. The number of nitrogens with one attached hydrogen (secondary N) is 1. The van der Waals surface area contributed by atoms with Crippen molar-refractivity contribution in [2.75, 3.05) is 16.8 Å². The summed E-state index contributed by atoms with van der Waals surface area (Å²) < 4.78 is 0. The number of nitrogens with zero attached hydrogens (tertiary/aromatic N) is 1. The molecule has 1 N–H and O–H groups in total. The van der Waals surface area contributed by atoms with E-state index in [1.807, 2.05) is 6.92 Å². The third kappa shape index (κ3) is 11.9. The number of thioether (sulfide) groups is 2. The lowest BCUT2D eigenvalue weighted by molar-refractivity contribution is -0.116. The summed E-state index contributed by atoms with van der Waals surface area (Å²) in [4.78, 5) is 18.3. The summed E-state index contributed by atoms with van der Waals surface area (Å²) in [5.41, 5.74) is 1.93. The molecular formula is C24H42N2OS2. The minimum absolute atomic E-state index is 0.127. The topological polar surface area (TPSA) is 42.0 Å². The zero-order valence-corrected chi connectivity index (χ0v) is 20.8. The van der Waals surface area contributed by atoms with Crippen molar-refractivity contribution in [2.45, 2.75) is 115 Å². The third-order valence-electron chi connectivity index (χ3n) is 4.93. The molecule has 0 saturated heterocycles. The van der Waals surface area contributed by atoms with Crippen molar-refractivity contribution in [1.29, 1.82) is 0 Å². The largest absolute Gasteiger partial charge is 0.323 e. The molecule has 1 heterocycles. The Hall–Kier alpha value is -0.680. The van der Waals surface area contributed by atoms with Gasteiger partial charge in [0.15, 0.2) is 0 Å². The first-order valence-corrected chi connectivity index (χ1v) is 13.7. The van der Waals surface area contributed by atoms with Crippen LogP contribution in [0.25, 0.3) is 0 Å². The Bertz CT molecular complexity index is 551. The highest BCUT2D eigenvalue weighted by Gasteiger charge is 2.14. The van der Waals surface area contributed by atoms with E-state index < -0.39 is 0 Å². The number of unbranched alkanes of at least 4 members (excludes halogenated alkanes) is 10. The van der Waals surface area contributed by atoms with E-state index in [0.29, 0.717) is 6.42 Å². The van der Waals surface area contributed by atoms with Crippen LogP contribution in [0, 0.1) is 6.92 Å². The van der Waals surface area contributed by atoms with Gasteiger partial charge in [-0.15, -0.1) is 23.5 Å². The van der Waals surface area contributed by atoms with E-state index >= 15 is 0 Å². The molecule has 0 aliphatic carbocycles. The Balaban J connectivity index is 2.31. The van der Waals surface area contributed by atoms with Crippen LogP contribution in [-0.4, -0.2) is 22.4 Å². The average Bonchev–Trinajstić information content (AvgIpc) is 2.69. The van der Waals surface area contributed by atoms with Crippen LogP contribution in [0.4, 0.5) is 5.69 Å². The molecular weight excluding hydrogens is 396 g/mol. The summed E-state index contributed by atoms with van der Waals surface area (Å²) in [6.07, 6.45) is 14.9. The van der Waals surface area contributed by atoms with Gasteiger partial charge in [-0.25, -0.2) is 4.98 Å². The monoisotopic (exact) mass is 438 g/mol. The lowest BCUT2D eigenvalue weighted by Crippen LogP contribution is -2.13. The highest BCUT2D eigenvalue weighted by atomic mass is 32.2. The van der Waals surface area contributed by atoms with Crippen LogP contribution in [-0.2, 0) is 4.79 Å². The summed E-state index contributed by atoms with van der Waals surface area (Å²) in [6, 6.07) is 2.09. The Morgan fingerprint density at radius 1 is 0.862 bits per heavy atom. The molecule has 3 nitrogen and oxygen atoms in total. The van der Waals surface area contributed by atoms with Crippen molar-refractivity contribution in [3.63, 3.8) is 0 Å². The molecule has 0 spiro atoms. The Morgan fingerprint density at radius 3 is 1.97 bits per heavy atom. The molecule has 0 aromatic carbocycles. The minimum Gasteiger partial charge on any atom is -0.323 e. The summed E-state index contributed by atoms with van der Waals surface area (Å²) in [6.45, 7) is 8.56. The molecule has 5 heteroatoms. The Kier molecular flexibility index (Phi) is 15.5. The van der Waals surface area contributed by atoms with Crippen molar-refractivity contribution < 1.29 is 4.79 Å². The number of pyridine rings is 1. The van der Waals surface area contributed by atoms with Gasteiger partial charge in [-0.1, -0.05) is 85.0 Å². The first-order chi connectivity index (χ1) is 14.1. The van der Waals surface area contributed by atoms with Crippen LogP contribution < -0.4 is 5.32 Å². The van der Waals surface area contributed by atoms with Gasteiger partial charge in [0.05, 0.1) is 5.69 Å². The molecule has 1 rings (SSSR count). The van der Waals surface area contributed by atoms with Crippen LogP contribution in [0.3, 0.4) is 0 Å². The minimum atomic E-state index is 0.127. The zero-order chi connectivity index (χ0) is 21.3. The van der Waals surface area contributed by atoms with E-state index in [2.05, 4.69) is 37.1 Å². The van der Waals surface area contributed by atoms with Gasteiger partial charge in [-0.2, -0.15) is 0 Å². The van der Waals surface area contributed by atoms with Crippen molar-refractivity contribution >= 4 is 35.1 Å². The van der Waals surface area contributed by atoms with Crippen molar-refractivity contribution in [2.24, 2.45) is 0 Å². The molecule has 0 saturated carbocycles. The zero-order valence-electron chi connectivity index (χ0n) is 19.1. The number of amides is 1. The van der Waals surface area contributed by atoms with Gasteiger partial charge in [-0.05, 0) is 30.9 Å². The van der Waals surface area contributed by atoms with Crippen molar-refractivity contribution in [3.05, 3.63) is 11.8 Å². The fraction of sp³-hybridized carbons (Fsp3) is 0.750. The highest BCUT2D eigenvalue weighted by Crippen LogP contribution is 2.35. The molecule has 0 aliphatic rings. The lowest BCUT2D eigenvalue weighted by atomic mass is 10.1. The summed E-state index contributed by atoms with van der Waals surface area (Å²) in [5, 5.41) is 4.12. The average molecular weight is 439 g/mol. The molecule has 0 bridgehead atoms. The summed E-state index contributed by atoms with van der Waals surface area (Å²) in [7, 11) is 0. The van der Waals surface area contributed by atoms with Gasteiger partial charge in [0.1, 0.15) is 5.03 Å². The van der Waals surface area contributed by atoms with Gasteiger partial charge in [-0.3, -0.25) is 4.79 Å². The van der Waals surface area contributed by atoms with E-state index in [-0.39, 0.29) is 5.91 Å². The maximum atomic E-state index is 12.5. The number of rotatable bonds is 17. The van der Waals surface area contributed by atoms with Crippen LogP contribution >= 0.6 is 23.5 Å². The van der Waals surface area contributed by atoms with E-state index in [1.165, 1.54) is 57.8 Å². The fourth-order valence-corrected chi connectivity index (χ4v) is 5.10. The standard InChI is InChI=1S/C24H42N2OS2/c1-5-8-9-10-11-12-13-14-15-16-17-18-22(27)26-23-21(28-6-2)19-20(4)25-24(23)29-7-3/h19H,5-18H2,1-4H3,(H,26,27). The molecule has 0 aliphatic heterocycles. The lowest BCUT2D eigenvalue weighted by Gasteiger charge is -2.15. The quantitative estimate of drug-likeness (QED) is 0.196. The van der Waals surface area contributed by atoms with Crippen LogP contribution in [0.5, 0.6) is 0 Å².